The quantitative estimate of drug-likeness (QED) is 0.522. The summed E-state index contributed by atoms with van der Waals surface area (Å²) in [6.45, 7) is 5.59. The van der Waals surface area contributed by atoms with Crippen molar-refractivity contribution in [2.24, 2.45) is 0 Å². The highest BCUT2D eigenvalue weighted by Crippen LogP contribution is 2.48. The Kier molecular flexibility index (Phi) is 7.16. The van der Waals surface area contributed by atoms with Gasteiger partial charge in [0.25, 0.3) is 5.91 Å². The molecule has 1 aliphatic rings. The van der Waals surface area contributed by atoms with Crippen molar-refractivity contribution in [2.75, 3.05) is 6.61 Å². The Morgan fingerprint density at radius 3 is 2.63 bits per heavy atom. The summed E-state index contributed by atoms with van der Waals surface area (Å²) in [6.07, 6.45) is 6.04. The van der Waals surface area contributed by atoms with Crippen LogP contribution in [-0.2, 0) is 5.41 Å². The van der Waals surface area contributed by atoms with E-state index in [0.29, 0.717) is 17.8 Å². The standard InChI is InChI=1S/C26H29F2N5O2/c1-4-16-9-10-26(5-2,22-13-29-12-21(31-22)25(35)30-15(3)14-34)24-17(16)11-20(32-33-24)23-18(27)7-6-8-19(23)28/h6-8,11-13,15-16,34H,4-5,9-10,14H2,1-3H3,(H,30,35)/t15-,16+,26-/m1/s1. The third-order valence-electron chi connectivity index (χ3n) is 6.96. The number of carbonyl (C=O) groups excluding carboxylic acids is 1. The van der Waals surface area contributed by atoms with Gasteiger partial charge < -0.3 is 10.4 Å². The molecule has 2 heterocycles. The van der Waals surface area contributed by atoms with Crippen molar-refractivity contribution in [1.82, 2.24) is 25.5 Å². The molecule has 0 unspecified atom stereocenters. The highest BCUT2D eigenvalue weighted by atomic mass is 19.1. The zero-order chi connectivity index (χ0) is 25.2. The average Bonchev–Trinajstić information content (AvgIpc) is 2.87. The van der Waals surface area contributed by atoms with Crippen LogP contribution in [0.2, 0.25) is 0 Å². The number of aromatic nitrogens is 4. The summed E-state index contributed by atoms with van der Waals surface area (Å²) in [7, 11) is 0. The fourth-order valence-corrected chi connectivity index (χ4v) is 4.90. The molecule has 3 aromatic rings. The lowest BCUT2D eigenvalue weighted by Crippen LogP contribution is -2.38. The topological polar surface area (TPSA) is 101 Å². The van der Waals surface area contributed by atoms with E-state index in [1.54, 1.807) is 19.2 Å². The highest BCUT2D eigenvalue weighted by molar-refractivity contribution is 5.92. The molecule has 0 aliphatic heterocycles. The Labute approximate surface area is 203 Å². The van der Waals surface area contributed by atoms with Gasteiger partial charge in [0.1, 0.15) is 17.3 Å². The fourth-order valence-electron chi connectivity index (χ4n) is 4.90. The number of aliphatic hydroxyl groups excluding tert-OH is 1. The van der Waals surface area contributed by atoms with Gasteiger partial charge in [-0.25, -0.2) is 13.8 Å². The lowest BCUT2D eigenvalue weighted by molar-refractivity contribution is 0.0916. The third-order valence-corrected chi connectivity index (χ3v) is 6.96. The molecule has 0 saturated heterocycles. The zero-order valence-corrected chi connectivity index (χ0v) is 20.1. The Morgan fingerprint density at radius 2 is 1.97 bits per heavy atom. The number of nitrogens with one attached hydrogen (secondary N) is 1. The molecule has 4 rings (SSSR count). The summed E-state index contributed by atoms with van der Waals surface area (Å²) in [5, 5.41) is 20.7. The van der Waals surface area contributed by atoms with Gasteiger partial charge >= 0.3 is 0 Å². The molecule has 1 amide bonds. The summed E-state index contributed by atoms with van der Waals surface area (Å²) >= 11 is 0. The molecule has 1 aliphatic carbocycles. The number of hydrogen-bond donors (Lipinski definition) is 2. The number of rotatable bonds is 7. The van der Waals surface area contributed by atoms with Gasteiger partial charge in [-0.15, -0.1) is 5.10 Å². The molecule has 0 bridgehead atoms. The van der Waals surface area contributed by atoms with Crippen LogP contribution in [0.4, 0.5) is 8.78 Å². The van der Waals surface area contributed by atoms with Gasteiger partial charge in [-0.3, -0.25) is 9.78 Å². The number of carbonyl (C=O) groups is 1. The van der Waals surface area contributed by atoms with Gasteiger partial charge in [-0.05, 0) is 62.3 Å². The van der Waals surface area contributed by atoms with Crippen LogP contribution in [0.15, 0.2) is 36.7 Å². The Morgan fingerprint density at radius 1 is 1.23 bits per heavy atom. The first-order valence-corrected chi connectivity index (χ1v) is 11.9. The van der Waals surface area contributed by atoms with Crippen LogP contribution in [0.1, 0.15) is 79.8 Å². The Bertz CT molecular complexity index is 1220. The molecule has 184 valence electrons. The van der Waals surface area contributed by atoms with Crippen LogP contribution in [-0.4, -0.2) is 43.8 Å². The molecule has 0 radical (unpaired) electrons. The first-order valence-electron chi connectivity index (χ1n) is 11.9. The normalized spacial score (nSPS) is 20.2. The van der Waals surface area contributed by atoms with E-state index in [2.05, 4.69) is 32.4 Å². The number of hydrogen-bond acceptors (Lipinski definition) is 6. The van der Waals surface area contributed by atoms with Crippen LogP contribution in [0.25, 0.3) is 11.3 Å². The van der Waals surface area contributed by atoms with Crippen LogP contribution < -0.4 is 5.32 Å². The van der Waals surface area contributed by atoms with E-state index in [0.717, 1.165) is 24.8 Å². The maximum Gasteiger partial charge on any atom is 0.271 e. The van der Waals surface area contributed by atoms with E-state index in [9.17, 15) is 18.7 Å². The maximum atomic E-state index is 14.5. The molecule has 2 aromatic heterocycles. The summed E-state index contributed by atoms with van der Waals surface area (Å²) in [5.41, 5.74) is 1.65. The number of aliphatic hydroxyl groups is 1. The number of halogens is 2. The third kappa shape index (κ3) is 4.52. The van der Waals surface area contributed by atoms with Crippen molar-refractivity contribution in [1.29, 1.82) is 0 Å². The molecule has 2 N–H and O–H groups in total. The van der Waals surface area contributed by atoms with Gasteiger partial charge in [-0.2, -0.15) is 5.10 Å². The molecule has 1 aromatic carbocycles. The molecule has 35 heavy (non-hydrogen) atoms. The van der Waals surface area contributed by atoms with E-state index in [1.807, 2.05) is 6.92 Å². The maximum absolute atomic E-state index is 14.5. The van der Waals surface area contributed by atoms with E-state index in [1.165, 1.54) is 24.4 Å². The van der Waals surface area contributed by atoms with Crippen LogP contribution in [0.3, 0.4) is 0 Å². The first-order chi connectivity index (χ1) is 16.8. The second kappa shape index (κ2) is 10.1. The van der Waals surface area contributed by atoms with Gasteiger partial charge in [0.05, 0.1) is 40.9 Å². The monoisotopic (exact) mass is 481 g/mol. The van der Waals surface area contributed by atoms with Crippen molar-refractivity contribution in [3.05, 3.63) is 70.9 Å². The molecule has 0 fully saturated rings. The molecule has 7 nitrogen and oxygen atoms in total. The first kappa shape index (κ1) is 24.8. The van der Waals surface area contributed by atoms with E-state index in [4.69, 9.17) is 0 Å². The summed E-state index contributed by atoms with van der Waals surface area (Å²) in [5.74, 6) is -1.65. The smallest absolute Gasteiger partial charge is 0.271 e. The second-order valence-electron chi connectivity index (χ2n) is 9.06. The van der Waals surface area contributed by atoms with Crippen LogP contribution >= 0.6 is 0 Å². The van der Waals surface area contributed by atoms with E-state index < -0.39 is 29.0 Å². The Hall–Kier alpha value is -3.33. The number of nitrogens with zero attached hydrogens (tertiary/aromatic N) is 4. The number of fused-ring (bicyclic) bond motifs is 1. The molecule has 0 saturated carbocycles. The molecule has 0 spiro atoms. The van der Waals surface area contributed by atoms with Crippen LogP contribution in [0.5, 0.6) is 0 Å². The van der Waals surface area contributed by atoms with Gasteiger partial charge in [0, 0.05) is 12.2 Å². The summed E-state index contributed by atoms with van der Waals surface area (Å²) in [4.78, 5) is 21.5. The number of benzene rings is 1. The largest absolute Gasteiger partial charge is 0.394 e. The second-order valence-corrected chi connectivity index (χ2v) is 9.06. The lowest BCUT2D eigenvalue weighted by atomic mass is 9.65. The van der Waals surface area contributed by atoms with Crippen molar-refractivity contribution >= 4 is 5.91 Å². The molecule has 3 atom stereocenters. The van der Waals surface area contributed by atoms with Crippen molar-refractivity contribution in [3.8, 4) is 11.3 Å². The summed E-state index contributed by atoms with van der Waals surface area (Å²) < 4.78 is 29.0. The zero-order valence-electron chi connectivity index (χ0n) is 20.1. The average molecular weight is 482 g/mol. The predicted octanol–water partition coefficient (Wildman–Crippen LogP) is 4.31. The van der Waals surface area contributed by atoms with E-state index >= 15 is 0 Å². The summed E-state index contributed by atoms with van der Waals surface area (Å²) in [6, 6.07) is 5.06. The number of amides is 1. The predicted molar refractivity (Wildman–Crippen MR) is 127 cm³/mol. The lowest BCUT2D eigenvalue weighted by Gasteiger charge is -2.39. The minimum Gasteiger partial charge on any atom is -0.394 e. The van der Waals surface area contributed by atoms with E-state index in [-0.39, 0.29) is 29.5 Å². The minimum atomic E-state index is -0.688. The van der Waals surface area contributed by atoms with Gasteiger partial charge in [0.15, 0.2) is 0 Å². The Balaban J connectivity index is 1.83. The molecular formula is C26H29F2N5O2. The molecule has 9 heteroatoms. The van der Waals surface area contributed by atoms with Gasteiger partial charge in [0.2, 0.25) is 0 Å². The molecular weight excluding hydrogens is 452 g/mol. The highest BCUT2D eigenvalue weighted by Gasteiger charge is 2.43. The van der Waals surface area contributed by atoms with Crippen molar-refractivity contribution < 1.29 is 18.7 Å². The minimum absolute atomic E-state index is 0.146. The van der Waals surface area contributed by atoms with Crippen molar-refractivity contribution in [3.63, 3.8) is 0 Å². The fraction of sp³-hybridized carbons (Fsp3) is 0.423. The SMILES string of the molecule is CC[C@H]1CC[C@](CC)(c2cncc(C(=O)N[C@H](C)CO)n2)c2nnc(-c3c(F)cccc3F)cc21. The van der Waals surface area contributed by atoms with Crippen molar-refractivity contribution in [2.45, 2.75) is 63.8 Å². The van der Waals surface area contributed by atoms with Crippen LogP contribution in [0, 0.1) is 11.6 Å². The van der Waals surface area contributed by atoms with Gasteiger partial charge in [-0.1, -0.05) is 19.9 Å².